The maximum absolute atomic E-state index is 13.3. The molecule has 1 amide bonds. The number of hydrogen-bond donors (Lipinski definition) is 2. The predicted molar refractivity (Wildman–Crippen MR) is 98.2 cm³/mol. The molecule has 0 spiro atoms. The zero-order chi connectivity index (χ0) is 19.2. The summed E-state index contributed by atoms with van der Waals surface area (Å²) in [5.41, 5.74) is 1.00. The molecule has 0 aliphatic carbocycles. The fourth-order valence-corrected chi connectivity index (χ4v) is 2.50. The normalized spacial score (nSPS) is 10.3. The molecule has 2 aromatic carbocycles. The minimum Gasteiger partial charge on any atom is -0.348 e. The van der Waals surface area contributed by atoms with E-state index in [4.69, 9.17) is 0 Å². The average Bonchev–Trinajstić information content (AvgIpc) is 2.67. The zero-order valence-corrected chi connectivity index (χ0v) is 14.1. The van der Waals surface area contributed by atoms with Gasteiger partial charge in [0.15, 0.2) is 0 Å². The first kappa shape index (κ1) is 18.0. The number of nitro groups is 1. The first-order valence-corrected chi connectivity index (χ1v) is 8.02. The maximum atomic E-state index is 13.3. The Morgan fingerprint density at radius 1 is 1.11 bits per heavy atom. The monoisotopic (exact) mass is 366 g/mol. The van der Waals surface area contributed by atoms with Crippen molar-refractivity contribution in [3.8, 4) is 0 Å². The van der Waals surface area contributed by atoms with E-state index in [1.54, 1.807) is 36.4 Å². The number of amides is 1. The van der Waals surface area contributed by atoms with Gasteiger partial charge in [0, 0.05) is 30.1 Å². The summed E-state index contributed by atoms with van der Waals surface area (Å²) in [6.07, 6.45) is 1.50. The number of rotatable bonds is 6. The highest BCUT2D eigenvalue weighted by Gasteiger charge is 2.16. The maximum Gasteiger partial charge on any atom is 0.274 e. The topological polar surface area (TPSA) is 97.2 Å². The molecule has 3 aromatic rings. The van der Waals surface area contributed by atoms with Gasteiger partial charge in [-0.3, -0.25) is 14.9 Å². The number of nitro benzene ring substituents is 1. The second-order valence-corrected chi connectivity index (χ2v) is 5.60. The van der Waals surface area contributed by atoms with Crippen molar-refractivity contribution in [1.82, 2.24) is 10.3 Å². The molecule has 0 radical (unpaired) electrons. The van der Waals surface area contributed by atoms with E-state index in [0.717, 1.165) is 0 Å². The third-order valence-electron chi connectivity index (χ3n) is 3.77. The molecule has 7 nitrogen and oxygen atoms in total. The largest absolute Gasteiger partial charge is 0.348 e. The minimum absolute atomic E-state index is 0.00964. The van der Waals surface area contributed by atoms with Crippen molar-refractivity contribution < 1.29 is 14.1 Å². The molecule has 3 rings (SSSR count). The van der Waals surface area contributed by atoms with Gasteiger partial charge in [0.2, 0.25) is 0 Å². The highest BCUT2D eigenvalue weighted by Crippen LogP contribution is 2.20. The SMILES string of the molecule is O=C(NCc1ccccc1[N+](=O)[O-])c1cccnc1Nc1cccc(F)c1. The van der Waals surface area contributed by atoms with Crippen LogP contribution in [0.25, 0.3) is 0 Å². The zero-order valence-electron chi connectivity index (χ0n) is 14.1. The van der Waals surface area contributed by atoms with Crippen molar-refractivity contribution in [1.29, 1.82) is 0 Å². The number of pyridine rings is 1. The summed E-state index contributed by atoms with van der Waals surface area (Å²) >= 11 is 0. The Kier molecular flexibility index (Phi) is 5.36. The Balaban J connectivity index is 1.77. The van der Waals surface area contributed by atoms with Gasteiger partial charge in [0.25, 0.3) is 11.6 Å². The van der Waals surface area contributed by atoms with Gasteiger partial charge in [-0.05, 0) is 30.3 Å². The van der Waals surface area contributed by atoms with Gasteiger partial charge in [-0.1, -0.05) is 24.3 Å². The molecule has 8 heteroatoms. The number of aromatic nitrogens is 1. The fourth-order valence-electron chi connectivity index (χ4n) is 2.50. The molecule has 0 bridgehead atoms. The Hall–Kier alpha value is -3.81. The van der Waals surface area contributed by atoms with E-state index in [1.807, 2.05) is 0 Å². The fraction of sp³-hybridized carbons (Fsp3) is 0.0526. The molecular weight excluding hydrogens is 351 g/mol. The standard InChI is InChI=1S/C19H15FN4O3/c20-14-6-3-7-15(11-14)23-18-16(8-4-10-21-18)19(25)22-12-13-5-1-2-9-17(13)24(26)27/h1-11H,12H2,(H,21,23)(H,22,25). The molecule has 0 unspecified atom stereocenters. The summed E-state index contributed by atoms with van der Waals surface area (Å²) in [5, 5.41) is 16.6. The lowest BCUT2D eigenvalue weighted by Gasteiger charge is -2.11. The highest BCUT2D eigenvalue weighted by molar-refractivity contribution is 5.99. The number of anilines is 2. The van der Waals surface area contributed by atoms with E-state index >= 15 is 0 Å². The van der Waals surface area contributed by atoms with Crippen LogP contribution >= 0.6 is 0 Å². The lowest BCUT2D eigenvalue weighted by molar-refractivity contribution is -0.385. The molecule has 0 atom stereocenters. The number of benzene rings is 2. The van der Waals surface area contributed by atoms with Crippen molar-refractivity contribution in [3.63, 3.8) is 0 Å². The Morgan fingerprint density at radius 3 is 2.70 bits per heavy atom. The van der Waals surface area contributed by atoms with Gasteiger partial charge in [-0.25, -0.2) is 9.37 Å². The number of halogens is 1. The van der Waals surface area contributed by atoms with Crippen molar-refractivity contribution in [3.05, 3.63) is 93.9 Å². The molecule has 0 aliphatic rings. The van der Waals surface area contributed by atoms with Gasteiger partial charge in [0.1, 0.15) is 11.6 Å². The van der Waals surface area contributed by atoms with Gasteiger partial charge < -0.3 is 10.6 Å². The van der Waals surface area contributed by atoms with Crippen LogP contribution in [0.3, 0.4) is 0 Å². The van der Waals surface area contributed by atoms with Crippen LogP contribution in [0, 0.1) is 15.9 Å². The summed E-state index contributed by atoms with van der Waals surface area (Å²) in [6, 6.07) is 15.1. The highest BCUT2D eigenvalue weighted by atomic mass is 19.1. The number of hydrogen-bond acceptors (Lipinski definition) is 5. The van der Waals surface area contributed by atoms with Crippen molar-refractivity contribution in [2.24, 2.45) is 0 Å². The van der Waals surface area contributed by atoms with E-state index in [9.17, 15) is 19.3 Å². The van der Waals surface area contributed by atoms with Gasteiger partial charge in [0.05, 0.1) is 10.5 Å². The summed E-state index contributed by atoms with van der Waals surface area (Å²) in [4.78, 5) is 27.2. The number of nitrogens with one attached hydrogen (secondary N) is 2. The number of para-hydroxylation sites is 1. The molecule has 1 aromatic heterocycles. The summed E-state index contributed by atoms with van der Waals surface area (Å²) in [6.45, 7) is -0.00964. The van der Waals surface area contributed by atoms with Gasteiger partial charge in [-0.2, -0.15) is 0 Å². The Bertz CT molecular complexity index is 994. The van der Waals surface area contributed by atoms with Crippen molar-refractivity contribution in [2.45, 2.75) is 6.54 Å². The molecular formula is C19H15FN4O3. The van der Waals surface area contributed by atoms with E-state index in [0.29, 0.717) is 11.3 Å². The first-order chi connectivity index (χ1) is 13.0. The van der Waals surface area contributed by atoms with Crippen LogP contribution in [0.5, 0.6) is 0 Å². The van der Waals surface area contributed by atoms with Crippen LogP contribution in [0.1, 0.15) is 15.9 Å². The first-order valence-electron chi connectivity index (χ1n) is 8.02. The van der Waals surface area contributed by atoms with Gasteiger partial charge in [-0.15, -0.1) is 0 Å². The van der Waals surface area contributed by atoms with E-state index in [1.165, 1.54) is 30.5 Å². The van der Waals surface area contributed by atoms with E-state index < -0.39 is 16.6 Å². The molecule has 27 heavy (non-hydrogen) atoms. The lowest BCUT2D eigenvalue weighted by atomic mass is 10.1. The minimum atomic E-state index is -0.498. The van der Waals surface area contributed by atoms with E-state index in [-0.39, 0.29) is 23.6 Å². The lowest BCUT2D eigenvalue weighted by Crippen LogP contribution is -2.24. The van der Waals surface area contributed by atoms with Crippen LogP contribution in [0.2, 0.25) is 0 Å². The molecule has 0 aliphatic heterocycles. The number of nitrogens with zero attached hydrogens (tertiary/aromatic N) is 2. The number of carbonyl (C=O) groups is 1. The third-order valence-corrected chi connectivity index (χ3v) is 3.77. The molecule has 0 saturated carbocycles. The van der Waals surface area contributed by atoms with Crippen LogP contribution < -0.4 is 10.6 Å². The average molecular weight is 366 g/mol. The Morgan fingerprint density at radius 2 is 1.93 bits per heavy atom. The second-order valence-electron chi connectivity index (χ2n) is 5.60. The van der Waals surface area contributed by atoms with Crippen molar-refractivity contribution >= 4 is 23.1 Å². The second kappa shape index (κ2) is 8.05. The van der Waals surface area contributed by atoms with Gasteiger partial charge >= 0.3 is 0 Å². The quantitative estimate of drug-likeness (QED) is 0.511. The number of carbonyl (C=O) groups excluding carboxylic acids is 1. The smallest absolute Gasteiger partial charge is 0.274 e. The summed E-state index contributed by atoms with van der Waals surface area (Å²) in [5.74, 6) is -0.623. The third kappa shape index (κ3) is 4.43. The Labute approximate surface area is 154 Å². The van der Waals surface area contributed by atoms with Crippen LogP contribution in [0.4, 0.5) is 21.6 Å². The van der Waals surface area contributed by atoms with Crippen molar-refractivity contribution in [2.75, 3.05) is 5.32 Å². The van der Waals surface area contributed by atoms with E-state index in [2.05, 4.69) is 15.6 Å². The summed E-state index contributed by atoms with van der Waals surface area (Å²) < 4.78 is 13.3. The molecule has 0 fully saturated rings. The molecule has 1 heterocycles. The van der Waals surface area contributed by atoms with Crippen LogP contribution in [0.15, 0.2) is 66.9 Å². The molecule has 136 valence electrons. The van der Waals surface area contributed by atoms with Crippen LogP contribution in [-0.2, 0) is 6.54 Å². The summed E-state index contributed by atoms with van der Waals surface area (Å²) in [7, 11) is 0. The molecule has 2 N–H and O–H groups in total. The predicted octanol–water partition coefficient (Wildman–Crippen LogP) is 3.80. The molecule has 0 saturated heterocycles. The van der Waals surface area contributed by atoms with Crippen LogP contribution in [-0.4, -0.2) is 15.8 Å².